The van der Waals surface area contributed by atoms with Crippen LogP contribution < -0.4 is 5.32 Å². The first kappa shape index (κ1) is 18.3. The zero-order chi connectivity index (χ0) is 18.6. The van der Waals surface area contributed by atoms with E-state index in [1.807, 2.05) is 24.3 Å². The van der Waals surface area contributed by atoms with Crippen molar-refractivity contribution in [3.05, 3.63) is 42.1 Å². The fourth-order valence-corrected chi connectivity index (χ4v) is 3.21. The highest BCUT2D eigenvalue weighted by atomic mass is 16.5. The molecule has 1 fully saturated rings. The molecule has 138 valence electrons. The average Bonchev–Trinajstić information content (AvgIpc) is 2.90. The molecule has 1 N–H and O–H groups in total. The highest BCUT2D eigenvalue weighted by Crippen LogP contribution is 2.24. The molecule has 7 heteroatoms. The van der Waals surface area contributed by atoms with E-state index in [9.17, 15) is 9.59 Å². The Balaban J connectivity index is 1.91. The lowest BCUT2D eigenvalue weighted by molar-refractivity contribution is -0.131. The van der Waals surface area contributed by atoms with Crippen LogP contribution in [0.2, 0.25) is 0 Å². The number of nitrogens with one attached hydrogen (secondary N) is 1. The second-order valence-corrected chi connectivity index (χ2v) is 6.40. The van der Waals surface area contributed by atoms with Gasteiger partial charge in [0, 0.05) is 32.3 Å². The maximum Gasteiger partial charge on any atom is 0.256 e. The predicted octanol–water partition coefficient (Wildman–Crippen LogP) is 1.23. The molecule has 1 saturated heterocycles. The van der Waals surface area contributed by atoms with E-state index in [-0.39, 0.29) is 31.4 Å². The van der Waals surface area contributed by atoms with Gasteiger partial charge in [0.25, 0.3) is 5.91 Å². The number of carbonyl (C=O) groups excluding carboxylic acids is 2. The second-order valence-electron chi connectivity index (χ2n) is 6.40. The van der Waals surface area contributed by atoms with Crippen molar-refractivity contribution in [2.24, 2.45) is 0 Å². The summed E-state index contributed by atoms with van der Waals surface area (Å²) in [7, 11) is 3.12. The first-order valence-electron chi connectivity index (χ1n) is 8.55. The molecule has 26 heavy (non-hydrogen) atoms. The van der Waals surface area contributed by atoms with Gasteiger partial charge in [0.15, 0.2) is 0 Å². The number of ether oxygens (including phenoxy) is 2. The Labute approximate surface area is 152 Å². The Morgan fingerprint density at radius 1 is 1.35 bits per heavy atom. The molecule has 0 radical (unpaired) electrons. The highest BCUT2D eigenvalue weighted by molar-refractivity contribution is 6.05. The minimum absolute atomic E-state index is 0.123. The molecule has 0 saturated carbocycles. The lowest BCUT2D eigenvalue weighted by Crippen LogP contribution is -2.50. The number of rotatable bonds is 4. The number of benzene rings is 1. The van der Waals surface area contributed by atoms with Crippen molar-refractivity contribution in [1.82, 2.24) is 15.2 Å². The minimum Gasteiger partial charge on any atom is -0.377 e. The fourth-order valence-electron chi connectivity index (χ4n) is 3.21. The Kier molecular flexibility index (Phi) is 5.49. The molecule has 0 aliphatic carbocycles. The van der Waals surface area contributed by atoms with Crippen LogP contribution in [0.4, 0.5) is 0 Å². The number of aromatic nitrogens is 1. The first-order chi connectivity index (χ1) is 12.6. The van der Waals surface area contributed by atoms with Crippen LogP contribution in [0.1, 0.15) is 16.8 Å². The van der Waals surface area contributed by atoms with Gasteiger partial charge in [-0.2, -0.15) is 0 Å². The number of hydrogen-bond donors (Lipinski definition) is 1. The Morgan fingerprint density at radius 2 is 2.15 bits per heavy atom. The van der Waals surface area contributed by atoms with E-state index < -0.39 is 5.60 Å². The molecule has 2 aromatic rings. The largest absolute Gasteiger partial charge is 0.377 e. The highest BCUT2D eigenvalue weighted by Gasteiger charge is 2.39. The van der Waals surface area contributed by atoms with Gasteiger partial charge in [-0.1, -0.05) is 18.2 Å². The number of carbonyl (C=O) groups is 2. The summed E-state index contributed by atoms with van der Waals surface area (Å²) >= 11 is 0. The number of para-hydroxylation sites is 1. The zero-order valence-electron chi connectivity index (χ0n) is 15.0. The van der Waals surface area contributed by atoms with Gasteiger partial charge in [-0.3, -0.25) is 14.6 Å². The Hall–Kier alpha value is -2.51. The standard InChI is InChI=1S/C19H23N3O4/c1-20-16(23)11-19(25-2)12-22(9-10-26-13-19)18(24)15-7-3-5-14-6-4-8-21-17(14)15/h3-8H,9-13H2,1-2H3,(H,20,23)/t19-/m1/s1. The van der Waals surface area contributed by atoms with Crippen LogP contribution in [-0.2, 0) is 14.3 Å². The van der Waals surface area contributed by atoms with Gasteiger partial charge >= 0.3 is 0 Å². The number of methoxy groups -OCH3 is 1. The van der Waals surface area contributed by atoms with E-state index in [1.165, 1.54) is 0 Å². The van der Waals surface area contributed by atoms with Crippen molar-refractivity contribution in [2.45, 2.75) is 12.0 Å². The van der Waals surface area contributed by atoms with Gasteiger partial charge in [0.1, 0.15) is 5.60 Å². The summed E-state index contributed by atoms with van der Waals surface area (Å²) in [6, 6.07) is 9.32. The fraction of sp³-hybridized carbons (Fsp3) is 0.421. The van der Waals surface area contributed by atoms with Crippen molar-refractivity contribution in [1.29, 1.82) is 0 Å². The van der Waals surface area contributed by atoms with E-state index >= 15 is 0 Å². The van der Waals surface area contributed by atoms with Crippen molar-refractivity contribution >= 4 is 22.7 Å². The number of nitrogens with zero attached hydrogens (tertiary/aromatic N) is 2. The van der Waals surface area contributed by atoms with Gasteiger partial charge < -0.3 is 19.7 Å². The molecule has 3 rings (SSSR count). The summed E-state index contributed by atoms with van der Waals surface area (Å²) in [5.74, 6) is -0.297. The van der Waals surface area contributed by atoms with Crippen LogP contribution >= 0.6 is 0 Å². The van der Waals surface area contributed by atoms with Crippen LogP contribution in [0.15, 0.2) is 36.5 Å². The molecule has 2 heterocycles. The lowest BCUT2D eigenvalue weighted by atomic mass is 9.98. The summed E-state index contributed by atoms with van der Waals surface area (Å²) in [5.41, 5.74) is 0.332. The number of amides is 2. The normalized spacial score (nSPS) is 20.6. The molecule has 1 atom stereocenters. The molecule has 1 aliphatic rings. The van der Waals surface area contributed by atoms with Gasteiger partial charge in [-0.05, 0) is 12.1 Å². The van der Waals surface area contributed by atoms with Crippen molar-refractivity contribution in [3.8, 4) is 0 Å². The quantitative estimate of drug-likeness (QED) is 0.890. The molecule has 7 nitrogen and oxygen atoms in total. The first-order valence-corrected chi connectivity index (χ1v) is 8.55. The van der Waals surface area contributed by atoms with E-state index in [0.717, 1.165) is 5.39 Å². The van der Waals surface area contributed by atoms with Crippen molar-refractivity contribution in [2.75, 3.05) is 40.5 Å². The van der Waals surface area contributed by atoms with Crippen LogP contribution in [0.25, 0.3) is 10.9 Å². The van der Waals surface area contributed by atoms with Crippen molar-refractivity contribution in [3.63, 3.8) is 0 Å². The van der Waals surface area contributed by atoms with Crippen LogP contribution in [0.5, 0.6) is 0 Å². The monoisotopic (exact) mass is 357 g/mol. The molecule has 1 aromatic heterocycles. The van der Waals surface area contributed by atoms with E-state index in [0.29, 0.717) is 24.2 Å². The summed E-state index contributed by atoms with van der Waals surface area (Å²) in [5, 5.41) is 3.51. The summed E-state index contributed by atoms with van der Waals surface area (Å²) in [6.45, 7) is 1.36. The third-order valence-corrected chi connectivity index (χ3v) is 4.69. The SMILES string of the molecule is CNC(=O)C[C@]1(OC)COCCN(C(=O)c2cccc3cccnc23)C1. The second kappa shape index (κ2) is 7.80. The lowest BCUT2D eigenvalue weighted by Gasteiger charge is -2.33. The van der Waals surface area contributed by atoms with Crippen LogP contribution in [0.3, 0.4) is 0 Å². The minimum atomic E-state index is -0.871. The van der Waals surface area contributed by atoms with E-state index in [4.69, 9.17) is 9.47 Å². The number of hydrogen-bond acceptors (Lipinski definition) is 5. The Bertz CT molecular complexity index is 805. The van der Waals surface area contributed by atoms with Crippen LogP contribution in [0, 0.1) is 0 Å². The molecule has 0 unspecified atom stereocenters. The molecule has 1 aliphatic heterocycles. The Morgan fingerprint density at radius 3 is 2.92 bits per heavy atom. The number of pyridine rings is 1. The summed E-state index contributed by atoms with van der Waals surface area (Å²) < 4.78 is 11.3. The van der Waals surface area contributed by atoms with E-state index in [1.54, 1.807) is 31.3 Å². The topological polar surface area (TPSA) is 80.8 Å². The van der Waals surface area contributed by atoms with Crippen LogP contribution in [-0.4, -0.2) is 67.8 Å². The van der Waals surface area contributed by atoms with E-state index in [2.05, 4.69) is 10.3 Å². The predicted molar refractivity (Wildman–Crippen MR) is 96.9 cm³/mol. The third-order valence-electron chi connectivity index (χ3n) is 4.69. The average molecular weight is 357 g/mol. The molecular weight excluding hydrogens is 334 g/mol. The molecule has 2 amide bonds. The molecular formula is C19H23N3O4. The zero-order valence-corrected chi connectivity index (χ0v) is 15.0. The van der Waals surface area contributed by atoms with Gasteiger partial charge in [-0.15, -0.1) is 0 Å². The summed E-state index contributed by atoms with van der Waals surface area (Å²) in [4.78, 5) is 31.2. The maximum atomic E-state index is 13.2. The van der Waals surface area contributed by atoms with Gasteiger partial charge in [-0.25, -0.2) is 0 Å². The third kappa shape index (κ3) is 3.68. The smallest absolute Gasteiger partial charge is 0.256 e. The summed E-state index contributed by atoms with van der Waals surface area (Å²) in [6.07, 6.45) is 1.80. The number of fused-ring (bicyclic) bond motifs is 1. The molecule has 1 aromatic carbocycles. The van der Waals surface area contributed by atoms with Gasteiger partial charge in [0.05, 0.1) is 37.3 Å². The maximum absolute atomic E-state index is 13.2. The molecule has 0 spiro atoms. The van der Waals surface area contributed by atoms with Crippen molar-refractivity contribution < 1.29 is 19.1 Å². The van der Waals surface area contributed by atoms with Gasteiger partial charge in [0.2, 0.25) is 5.91 Å². The molecule has 0 bridgehead atoms.